The van der Waals surface area contributed by atoms with Crippen molar-refractivity contribution in [2.24, 2.45) is 0 Å². The van der Waals surface area contributed by atoms with Crippen molar-refractivity contribution in [3.05, 3.63) is 65.4 Å². The largest absolute Gasteiger partial charge is 0.277 e. The van der Waals surface area contributed by atoms with Crippen molar-refractivity contribution in [3.63, 3.8) is 0 Å². The minimum atomic E-state index is -3.71. The summed E-state index contributed by atoms with van der Waals surface area (Å²) in [6.45, 7) is 6.12. The molecule has 2 aromatic carbocycles. The van der Waals surface area contributed by atoms with Gasteiger partial charge in [-0.3, -0.25) is 9.71 Å². The zero-order chi connectivity index (χ0) is 23.0. The quantitative estimate of drug-likeness (QED) is 0.293. The lowest BCUT2D eigenvalue weighted by Crippen LogP contribution is -2.15. The van der Waals surface area contributed by atoms with Crippen LogP contribution in [0.15, 0.2) is 53.6 Å². The first-order valence-electron chi connectivity index (χ1n) is 11.9. The van der Waals surface area contributed by atoms with Gasteiger partial charge in [0.1, 0.15) is 0 Å². The van der Waals surface area contributed by atoms with Crippen molar-refractivity contribution in [1.29, 1.82) is 0 Å². The zero-order valence-corrected chi connectivity index (χ0v) is 20.5. The monoisotopic (exact) mass is 452 g/mol. The number of anilines is 1. The SMILES string of the molecule is CCCCCCCCCCc1cccc(S(=O)(=O)Nc2cc(C)cc3cccnc23)c1C. The van der Waals surface area contributed by atoms with Crippen LogP contribution in [-0.2, 0) is 16.4 Å². The molecule has 1 aromatic heterocycles. The second kappa shape index (κ2) is 11.5. The van der Waals surface area contributed by atoms with Crippen LogP contribution in [-0.4, -0.2) is 13.4 Å². The Balaban J connectivity index is 1.69. The fraction of sp³-hybridized carbons (Fsp3) is 0.444. The summed E-state index contributed by atoms with van der Waals surface area (Å²) in [5.74, 6) is 0. The number of hydrogen-bond donors (Lipinski definition) is 1. The maximum Gasteiger partial charge on any atom is 0.262 e. The molecule has 0 radical (unpaired) electrons. The predicted octanol–water partition coefficient (Wildman–Crippen LogP) is 7.34. The Morgan fingerprint density at radius 1 is 0.875 bits per heavy atom. The number of rotatable bonds is 12. The van der Waals surface area contributed by atoms with Gasteiger partial charge in [0.05, 0.1) is 16.1 Å². The summed E-state index contributed by atoms with van der Waals surface area (Å²) in [6.07, 6.45) is 12.7. The van der Waals surface area contributed by atoms with E-state index in [2.05, 4.69) is 22.7 Å². The summed E-state index contributed by atoms with van der Waals surface area (Å²) in [5, 5.41) is 0.922. The molecule has 0 bridgehead atoms. The molecule has 0 fully saturated rings. The minimum absolute atomic E-state index is 0.347. The lowest BCUT2D eigenvalue weighted by molar-refractivity contribution is 0.575. The molecule has 1 heterocycles. The molecule has 3 rings (SSSR count). The van der Waals surface area contributed by atoms with E-state index >= 15 is 0 Å². The summed E-state index contributed by atoms with van der Waals surface area (Å²) in [4.78, 5) is 4.74. The molecule has 0 amide bonds. The topological polar surface area (TPSA) is 59.1 Å². The van der Waals surface area contributed by atoms with Crippen molar-refractivity contribution < 1.29 is 8.42 Å². The molecule has 5 heteroatoms. The first-order chi connectivity index (χ1) is 15.4. The number of pyridine rings is 1. The number of nitrogens with zero attached hydrogens (tertiary/aromatic N) is 1. The molecule has 0 aliphatic heterocycles. The molecule has 1 N–H and O–H groups in total. The first kappa shape index (κ1) is 24.2. The van der Waals surface area contributed by atoms with Crippen molar-refractivity contribution in [2.45, 2.75) is 83.5 Å². The third-order valence-electron chi connectivity index (χ3n) is 6.08. The van der Waals surface area contributed by atoms with E-state index in [9.17, 15) is 8.42 Å². The second-order valence-corrected chi connectivity index (χ2v) is 10.4. The Labute approximate surface area is 193 Å². The van der Waals surface area contributed by atoms with Gasteiger partial charge >= 0.3 is 0 Å². The van der Waals surface area contributed by atoms with Crippen molar-refractivity contribution in [2.75, 3.05) is 4.72 Å². The van der Waals surface area contributed by atoms with Crippen LogP contribution in [0.3, 0.4) is 0 Å². The summed E-state index contributed by atoms with van der Waals surface area (Å²) < 4.78 is 29.4. The summed E-state index contributed by atoms with van der Waals surface area (Å²) in [7, 11) is -3.71. The number of benzene rings is 2. The molecule has 172 valence electrons. The van der Waals surface area contributed by atoms with E-state index in [1.54, 1.807) is 12.3 Å². The molecule has 0 atom stereocenters. The third kappa shape index (κ3) is 6.32. The van der Waals surface area contributed by atoms with E-state index in [0.29, 0.717) is 16.1 Å². The lowest BCUT2D eigenvalue weighted by atomic mass is 10.0. The highest BCUT2D eigenvalue weighted by Gasteiger charge is 2.20. The van der Waals surface area contributed by atoms with E-state index in [1.807, 2.05) is 44.2 Å². The summed E-state index contributed by atoms with van der Waals surface area (Å²) in [6, 6.07) is 13.3. The molecule has 0 aliphatic rings. The Kier molecular flexibility index (Phi) is 8.68. The van der Waals surface area contributed by atoms with Crippen LogP contribution in [0.4, 0.5) is 5.69 Å². The molecule has 0 saturated carbocycles. The molecule has 0 aliphatic carbocycles. The summed E-state index contributed by atoms with van der Waals surface area (Å²) >= 11 is 0. The van der Waals surface area contributed by atoms with Gasteiger partial charge in [-0.2, -0.15) is 0 Å². The van der Waals surface area contributed by atoms with Gasteiger partial charge < -0.3 is 0 Å². The van der Waals surface area contributed by atoms with Gasteiger partial charge in [0.15, 0.2) is 0 Å². The summed E-state index contributed by atoms with van der Waals surface area (Å²) in [5.41, 5.74) is 4.13. The van der Waals surface area contributed by atoms with Gasteiger partial charge in [-0.15, -0.1) is 0 Å². The number of nitrogens with one attached hydrogen (secondary N) is 1. The van der Waals surface area contributed by atoms with Gasteiger partial charge in [-0.05, 0) is 67.6 Å². The van der Waals surface area contributed by atoms with E-state index in [4.69, 9.17) is 0 Å². The van der Waals surface area contributed by atoms with E-state index < -0.39 is 10.0 Å². The molecule has 3 aromatic rings. The van der Waals surface area contributed by atoms with Gasteiger partial charge in [-0.25, -0.2) is 8.42 Å². The van der Waals surface area contributed by atoms with E-state index in [0.717, 1.165) is 34.9 Å². The minimum Gasteiger partial charge on any atom is -0.277 e. The second-order valence-electron chi connectivity index (χ2n) is 8.76. The highest BCUT2D eigenvalue weighted by molar-refractivity contribution is 7.92. The average molecular weight is 453 g/mol. The number of fused-ring (bicyclic) bond motifs is 1. The van der Waals surface area contributed by atoms with Crippen LogP contribution in [0.2, 0.25) is 0 Å². The molecule has 4 nitrogen and oxygen atoms in total. The molecule has 0 unspecified atom stereocenters. The van der Waals surface area contributed by atoms with Crippen molar-refractivity contribution >= 4 is 26.6 Å². The average Bonchev–Trinajstić information content (AvgIpc) is 2.76. The van der Waals surface area contributed by atoms with Crippen LogP contribution in [0.25, 0.3) is 10.9 Å². The Bertz CT molecular complexity index is 1140. The standard InChI is InChI=1S/C27H36N2O2S/c1-4-5-6-7-8-9-10-11-14-23-15-12-17-26(22(23)3)32(30,31)29-25-20-21(2)19-24-16-13-18-28-27(24)25/h12-13,15-20,29H,4-11,14H2,1-3H3. The first-order valence-corrected chi connectivity index (χ1v) is 13.4. The predicted molar refractivity (Wildman–Crippen MR) is 135 cm³/mol. The van der Waals surface area contributed by atoms with Gasteiger partial charge in [-0.1, -0.05) is 70.1 Å². The highest BCUT2D eigenvalue weighted by Crippen LogP contribution is 2.28. The maximum atomic E-state index is 13.3. The third-order valence-corrected chi connectivity index (χ3v) is 7.59. The van der Waals surface area contributed by atoms with Crippen molar-refractivity contribution in [1.82, 2.24) is 4.98 Å². The number of sulfonamides is 1. The fourth-order valence-corrected chi connectivity index (χ4v) is 5.64. The van der Waals surface area contributed by atoms with Crippen molar-refractivity contribution in [3.8, 4) is 0 Å². The number of aromatic nitrogens is 1. The maximum absolute atomic E-state index is 13.3. The van der Waals surface area contributed by atoms with E-state index in [1.165, 1.54) is 44.9 Å². The number of hydrogen-bond acceptors (Lipinski definition) is 3. The fourth-order valence-electron chi connectivity index (χ4n) is 4.29. The van der Waals surface area contributed by atoms with Gasteiger partial charge in [0.25, 0.3) is 10.0 Å². The molecular weight excluding hydrogens is 416 g/mol. The van der Waals surface area contributed by atoms with Crippen LogP contribution in [0.1, 0.15) is 75.0 Å². The molecule has 0 spiro atoms. The Morgan fingerprint density at radius 2 is 1.59 bits per heavy atom. The van der Waals surface area contributed by atoms with Crippen LogP contribution in [0, 0.1) is 13.8 Å². The number of unbranched alkanes of at least 4 members (excludes halogenated alkanes) is 7. The van der Waals surface area contributed by atoms with Crippen LogP contribution in [0.5, 0.6) is 0 Å². The van der Waals surface area contributed by atoms with Crippen LogP contribution < -0.4 is 4.72 Å². The van der Waals surface area contributed by atoms with Crippen LogP contribution >= 0.6 is 0 Å². The molecular formula is C27H36N2O2S. The van der Waals surface area contributed by atoms with E-state index in [-0.39, 0.29) is 0 Å². The highest BCUT2D eigenvalue weighted by atomic mass is 32.2. The molecule has 32 heavy (non-hydrogen) atoms. The molecule has 0 saturated heterocycles. The lowest BCUT2D eigenvalue weighted by Gasteiger charge is -2.15. The zero-order valence-electron chi connectivity index (χ0n) is 19.7. The van der Waals surface area contributed by atoms with Gasteiger partial charge in [0.2, 0.25) is 0 Å². The Hall–Kier alpha value is -2.40. The normalized spacial score (nSPS) is 11.7. The Morgan fingerprint density at radius 3 is 2.34 bits per heavy atom. The number of aryl methyl sites for hydroxylation is 2. The van der Waals surface area contributed by atoms with Gasteiger partial charge in [0, 0.05) is 11.6 Å². The smallest absolute Gasteiger partial charge is 0.262 e.